The second kappa shape index (κ2) is 7.09. The summed E-state index contributed by atoms with van der Waals surface area (Å²) in [5, 5.41) is 12.9. The van der Waals surface area contributed by atoms with Crippen molar-refractivity contribution in [3.05, 3.63) is 69.7 Å². The third-order valence-corrected chi connectivity index (χ3v) is 3.66. The van der Waals surface area contributed by atoms with E-state index >= 15 is 0 Å². The van der Waals surface area contributed by atoms with Crippen LogP contribution < -0.4 is 5.32 Å². The first-order valence-electron chi connectivity index (χ1n) is 6.70. The molecule has 3 heteroatoms. The first-order chi connectivity index (χ1) is 9.74. The van der Waals surface area contributed by atoms with Gasteiger partial charge in [-0.1, -0.05) is 48.9 Å². The van der Waals surface area contributed by atoms with Crippen LogP contribution in [0.5, 0.6) is 0 Å². The summed E-state index contributed by atoms with van der Waals surface area (Å²) in [6, 6.07) is 15.9. The Morgan fingerprint density at radius 2 is 1.75 bits per heavy atom. The molecule has 0 radical (unpaired) electrons. The Hall–Kier alpha value is -1.82. The van der Waals surface area contributed by atoms with E-state index in [0.717, 1.165) is 18.5 Å². The van der Waals surface area contributed by atoms with Crippen molar-refractivity contribution in [3.63, 3.8) is 0 Å². The van der Waals surface area contributed by atoms with Crippen LogP contribution in [-0.2, 0) is 19.5 Å². The molecule has 2 nitrogen and oxygen atoms in total. The summed E-state index contributed by atoms with van der Waals surface area (Å²) in [6.07, 6.45) is 1.04. The molecule has 0 amide bonds. The van der Waals surface area contributed by atoms with Gasteiger partial charge in [0.25, 0.3) is 0 Å². The maximum absolute atomic E-state index is 8.81. The van der Waals surface area contributed by atoms with Gasteiger partial charge in [0.1, 0.15) is 0 Å². The molecule has 0 unspecified atom stereocenters. The molecule has 0 aliphatic heterocycles. The van der Waals surface area contributed by atoms with Crippen molar-refractivity contribution in [2.75, 3.05) is 0 Å². The lowest BCUT2D eigenvalue weighted by Gasteiger charge is -2.10. The Morgan fingerprint density at radius 1 is 1.05 bits per heavy atom. The molecule has 102 valence electrons. The number of hydrogen-bond acceptors (Lipinski definition) is 2. The number of hydrogen-bond donors (Lipinski definition) is 1. The second-order valence-corrected chi connectivity index (χ2v) is 5.05. The van der Waals surface area contributed by atoms with Crippen LogP contribution in [0.25, 0.3) is 0 Å². The summed E-state index contributed by atoms with van der Waals surface area (Å²) >= 11 is 6.16. The molecule has 20 heavy (non-hydrogen) atoms. The van der Waals surface area contributed by atoms with E-state index in [9.17, 15) is 0 Å². The van der Waals surface area contributed by atoms with Gasteiger partial charge >= 0.3 is 0 Å². The quantitative estimate of drug-likeness (QED) is 0.898. The van der Waals surface area contributed by atoms with Gasteiger partial charge in [0.05, 0.1) is 11.6 Å². The van der Waals surface area contributed by atoms with Gasteiger partial charge in [-0.15, -0.1) is 0 Å². The Labute approximate surface area is 125 Å². The fourth-order valence-electron chi connectivity index (χ4n) is 2.17. The molecule has 0 bridgehead atoms. The van der Waals surface area contributed by atoms with Crippen LogP contribution >= 0.6 is 11.6 Å². The minimum Gasteiger partial charge on any atom is -0.309 e. The molecule has 0 spiro atoms. The Bertz CT molecular complexity index is 629. The molecule has 0 saturated carbocycles. The van der Waals surface area contributed by atoms with Gasteiger partial charge in [-0.25, -0.2) is 0 Å². The summed E-state index contributed by atoms with van der Waals surface area (Å²) in [5.41, 5.74) is 4.29. The van der Waals surface area contributed by atoms with Gasteiger partial charge in [-0.05, 0) is 35.2 Å². The highest BCUT2D eigenvalue weighted by molar-refractivity contribution is 6.31. The number of nitriles is 1. The van der Waals surface area contributed by atoms with Crippen molar-refractivity contribution >= 4 is 11.6 Å². The van der Waals surface area contributed by atoms with E-state index in [4.69, 9.17) is 16.9 Å². The molecule has 2 aromatic rings. The van der Waals surface area contributed by atoms with E-state index < -0.39 is 0 Å². The van der Waals surface area contributed by atoms with Crippen molar-refractivity contribution in [2.24, 2.45) is 0 Å². The van der Waals surface area contributed by atoms with E-state index in [0.29, 0.717) is 17.1 Å². The monoisotopic (exact) mass is 284 g/mol. The van der Waals surface area contributed by atoms with Crippen LogP contribution in [0.4, 0.5) is 0 Å². The smallest absolute Gasteiger partial charge is 0.0992 e. The zero-order valence-electron chi connectivity index (χ0n) is 11.5. The minimum absolute atomic E-state index is 0.593. The zero-order valence-corrected chi connectivity index (χ0v) is 12.2. The van der Waals surface area contributed by atoms with Crippen LogP contribution in [0.15, 0.2) is 42.5 Å². The van der Waals surface area contributed by atoms with Crippen LogP contribution in [0.2, 0.25) is 5.02 Å². The molecular formula is C17H17ClN2. The van der Waals surface area contributed by atoms with Crippen LogP contribution in [0.3, 0.4) is 0 Å². The van der Waals surface area contributed by atoms with Crippen LogP contribution in [0.1, 0.15) is 29.2 Å². The average Bonchev–Trinajstić information content (AvgIpc) is 2.49. The van der Waals surface area contributed by atoms with Crippen molar-refractivity contribution in [1.29, 1.82) is 5.26 Å². The molecule has 0 aliphatic rings. The Balaban J connectivity index is 1.98. The molecular weight excluding hydrogens is 268 g/mol. The molecule has 0 aliphatic carbocycles. The van der Waals surface area contributed by atoms with E-state index in [1.54, 1.807) is 12.1 Å². The van der Waals surface area contributed by atoms with E-state index in [1.807, 2.05) is 6.07 Å². The van der Waals surface area contributed by atoms with Crippen molar-refractivity contribution in [2.45, 2.75) is 26.4 Å². The maximum atomic E-state index is 8.81. The number of nitrogens with one attached hydrogen (secondary N) is 1. The molecule has 0 atom stereocenters. The SMILES string of the molecule is CCc1ccccc1CNCc1ccc(C#N)cc1Cl. The lowest BCUT2D eigenvalue weighted by molar-refractivity contribution is 0.688. The number of halogens is 1. The molecule has 0 aromatic heterocycles. The fourth-order valence-corrected chi connectivity index (χ4v) is 2.41. The molecule has 1 N–H and O–H groups in total. The van der Waals surface area contributed by atoms with E-state index in [2.05, 4.69) is 42.6 Å². The maximum Gasteiger partial charge on any atom is 0.0992 e. The van der Waals surface area contributed by atoms with Gasteiger partial charge < -0.3 is 5.32 Å². The zero-order chi connectivity index (χ0) is 14.4. The van der Waals surface area contributed by atoms with Crippen molar-refractivity contribution < 1.29 is 0 Å². The summed E-state index contributed by atoms with van der Waals surface area (Å²) in [7, 11) is 0. The van der Waals surface area contributed by atoms with E-state index in [-0.39, 0.29) is 0 Å². The number of rotatable bonds is 5. The topological polar surface area (TPSA) is 35.8 Å². The largest absolute Gasteiger partial charge is 0.309 e. The number of nitrogens with zero attached hydrogens (tertiary/aromatic N) is 1. The molecule has 0 saturated heterocycles. The molecule has 2 aromatic carbocycles. The molecule has 0 heterocycles. The predicted molar refractivity (Wildman–Crippen MR) is 82.5 cm³/mol. The lowest BCUT2D eigenvalue weighted by atomic mass is 10.1. The van der Waals surface area contributed by atoms with Gasteiger partial charge in [0.15, 0.2) is 0 Å². The van der Waals surface area contributed by atoms with Gasteiger partial charge in [0, 0.05) is 18.1 Å². The third-order valence-electron chi connectivity index (χ3n) is 3.31. The summed E-state index contributed by atoms with van der Waals surface area (Å²) < 4.78 is 0. The van der Waals surface area contributed by atoms with Gasteiger partial charge in [0.2, 0.25) is 0 Å². The highest BCUT2D eigenvalue weighted by Gasteiger charge is 2.03. The second-order valence-electron chi connectivity index (χ2n) is 4.64. The van der Waals surface area contributed by atoms with Gasteiger partial charge in [-0.2, -0.15) is 5.26 Å². The standard InChI is InChI=1S/C17H17ClN2/c1-2-14-5-3-4-6-15(14)11-20-12-16-8-7-13(10-19)9-17(16)18/h3-9,20H,2,11-12H2,1H3. The molecule has 0 fully saturated rings. The minimum atomic E-state index is 0.593. The average molecular weight is 285 g/mol. The first kappa shape index (κ1) is 14.6. The number of benzene rings is 2. The summed E-state index contributed by atoms with van der Waals surface area (Å²) in [4.78, 5) is 0. The normalized spacial score (nSPS) is 10.2. The summed E-state index contributed by atoms with van der Waals surface area (Å²) in [6.45, 7) is 3.68. The third kappa shape index (κ3) is 3.60. The van der Waals surface area contributed by atoms with Crippen molar-refractivity contribution in [3.8, 4) is 6.07 Å². The lowest BCUT2D eigenvalue weighted by Crippen LogP contribution is -2.14. The van der Waals surface area contributed by atoms with Gasteiger partial charge in [-0.3, -0.25) is 0 Å². The highest BCUT2D eigenvalue weighted by atomic mass is 35.5. The first-order valence-corrected chi connectivity index (χ1v) is 7.08. The van der Waals surface area contributed by atoms with Crippen molar-refractivity contribution in [1.82, 2.24) is 5.32 Å². The highest BCUT2D eigenvalue weighted by Crippen LogP contribution is 2.17. The fraction of sp³-hybridized carbons (Fsp3) is 0.235. The summed E-state index contributed by atoms with van der Waals surface area (Å²) in [5.74, 6) is 0. The number of aryl methyl sites for hydroxylation is 1. The molecule has 2 rings (SSSR count). The van der Waals surface area contributed by atoms with Crippen LogP contribution in [-0.4, -0.2) is 0 Å². The van der Waals surface area contributed by atoms with Crippen LogP contribution in [0, 0.1) is 11.3 Å². The predicted octanol–water partition coefficient (Wildman–Crippen LogP) is 4.06. The Kier molecular flexibility index (Phi) is 5.17. The van der Waals surface area contributed by atoms with E-state index in [1.165, 1.54) is 11.1 Å². The Morgan fingerprint density at radius 3 is 2.40 bits per heavy atom.